The maximum absolute atomic E-state index is 12.4. The van der Waals surface area contributed by atoms with E-state index in [9.17, 15) is 14.4 Å². The van der Waals surface area contributed by atoms with Gasteiger partial charge in [0.2, 0.25) is 5.91 Å². The van der Waals surface area contributed by atoms with Crippen molar-refractivity contribution >= 4 is 17.9 Å². The van der Waals surface area contributed by atoms with E-state index in [4.69, 9.17) is 4.74 Å². The van der Waals surface area contributed by atoms with Crippen LogP contribution in [-0.2, 0) is 9.53 Å². The number of carbonyl (C=O) groups excluding carboxylic acids is 3. The van der Waals surface area contributed by atoms with Crippen LogP contribution in [0.25, 0.3) is 0 Å². The van der Waals surface area contributed by atoms with Crippen molar-refractivity contribution in [3.05, 3.63) is 30.1 Å². The van der Waals surface area contributed by atoms with E-state index in [2.05, 4.69) is 15.6 Å². The standard InChI is InChI=1S/C19H28N4O4/c1-19(2,3)27-18(26)21-11-7-16(24)22-14-8-12-23(13-9-14)17(25)15-6-4-5-10-20-15/h4-6,10,14H,7-9,11-13H2,1-3H3,(H,21,26)(H,22,24). The molecule has 3 amide bonds. The largest absolute Gasteiger partial charge is 0.444 e. The second kappa shape index (κ2) is 9.34. The van der Waals surface area contributed by atoms with Gasteiger partial charge in [0, 0.05) is 38.3 Å². The third kappa shape index (κ3) is 7.24. The minimum absolute atomic E-state index is 0.0341. The Bertz CT molecular complexity index is 649. The highest BCUT2D eigenvalue weighted by atomic mass is 16.6. The molecule has 8 heteroatoms. The van der Waals surface area contributed by atoms with Crippen molar-refractivity contribution < 1.29 is 19.1 Å². The van der Waals surface area contributed by atoms with E-state index in [1.807, 2.05) is 0 Å². The molecule has 148 valence electrons. The molecule has 2 N–H and O–H groups in total. The fourth-order valence-corrected chi connectivity index (χ4v) is 2.77. The number of ether oxygens (including phenoxy) is 1. The lowest BCUT2D eigenvalue weighted by molar-refractivity contribution is -0.121. The minimum Gasteiger partial charge on any atom is -0.444 e. The Hall–Kier alpha value is -2.64. The number of aromatic nitrogens is 1. The van der Waals surface area contributed by atoms with Gasteiger partial charge >= 0.3 is 6.09 Å². The maximum Gasteiger partial charge on any atom is 0.407 e. The smallest absolute Gasteiger partial charge is 0.407 e. The SMILES string of the molecule is CC(C)(C)OC(=O)NCCC(=O)NC1CCN(C(=O)c2ccccn2)CC1. The Morgan fingerprint density at radius 1 is 1.22 bits per heavy atom. The number of alkyl carbamates (subject to hydrolysis) is 1. The summed E-state index contributed by atoms with van der Waals surface area (Å²) < 4.78 is 5.12. The topological polar surface area (TPSA) is 101 Å². The van der Waals surface area contributed by atoms with Crippen molar-refractivity contribution in [1.82, 2.24) is 20.5 Å². The van der Waals surface area contributed by atoms with Crippen molar-refractivity contribution in [2.75, 3.05) is 19.6 Å². The molecule has 1 fully saturated rings. The first-order chi connectivity index (χ1) is 12.7. The number of pyridine rings is 1. The van der Waals surface area contributed by atoms with Crippen LogP contribution in [0, 0.1) is 0 Å². The number of rotatable bonds is 5. The molecule has 0 bridgehead atoms. The fourth-order valence-electron chi connectivity index (χ4n) is 2.77. The summed E-state index contributed by atoms with van der Waals surface area (Å²) in [5.41, 5.74) is -0.124. The zero-order chi connectivity index (χ0) is 19.9. The average molecular weight is 376 g/mol. The van der Waals surface area contributed by atoms with E-state index in [0.717, 1.165) is 0 Å². The van der Waals surface area contributed by atoms with Crippen LogP contribution in [0.2, 0.25) is 0 Å². The molecule has 0 saturated carbocycles. The van der Waals surface area contributed by atoms with E-state index in [0.29, 0.717) is 31.6 Å². The summed E-state index contributed by atoms with van der Waals surface area (Å²) in [7, 11) is 0. The summed E-state index contributed by atoms with van der Waals surface area (Å²) in [6.45, 7) is 6.73. The van der Waals surface area contributed by atoms with Gasteiger partial charge in [-0.15, -0.1) is 0 Å². The lowest BCUT2D eigenvalue weighted by Crippen LogP contribution is -2.47. The van der Waals surface area contributed by atoms with Crippen molar-refractivity contribution in [1.29, 1.82) is 0 Å². The van der Waals surface area contributed by atoms with Crippen molar-refractivity contribution in [3.63, 3.8) is 0 Å². The monoisotopic (exact) mass is 376 g/mol. The molecule has 27 heavy (non-hydrogen) atoms. The molecule has 8 nitrogen and oxygen atoms in total. The molecule has 1 aliphatic rings. The highest BCUT2D eigenvalue weighted by Gasteiger charge is 2.25. The Kier molecular flexibility index (Phi) is 7.15. The molecule has 0 aliphatic carbocycles. The van der Waals surface area contributed by atoms with Crippen LogP contribution < -0.4 is 10.6 Å². The molecule has 1 aromatic rings. The van der Waals surface area contributed by atoms with Gasteiger partial charge in [-0.05, 0) is 45.7 Å². The first kappa shape index (κ1) is 20.7. The molecule has 1 saturated heterocycles. The lowest BCUT2D eigenvalue weighted by Gasteiger charge is -2.32. The third-order valence-corrected chi connectivity index (χ3v) is 4.05. The number of amides is 3. The quantitative estimate of drug-likeness (QED) is 0.815. The third-order valence-electron chi connectivity index (χ3n) is 4.05. The van der Waals surface area contributed by atoms with Gasteiger partial charge in [0.1, 0.15) is 11.3 Å². The second-order valence-electron chi connectivity index (χ2n) is 7.53. The van der Waals surface area contributed by atoms with Crippen LogP contribution >= 0.6 is 0 Å². The molecule has 0 aromatic carbocycles. The van der Waals surface area contributed by atoms with E-state index < -0.39 is 11.7 Å². The Morgan fingerprint density at radius 2 is 1.93 bits per heavy atom. The molecule has 1 aliphatic heterocycles. The van der Waals surface area contributed by atoms with Crippen LogP contribution in [0.1, 0.15) is 50.5 Å². The zero-order valence-corrected chi connectivity index (χ0v) is 16.2. The molecule has 0 radical (unpaired) electrons. The van der Waals surface area contributed by atoms with E-state index in [-0.39, 0.29) is 30.8 Å². The zero-order valence-electron chi connectivity index (χ0n) is 16.2. The Morgan fingerprint density at radius 3 is 2.52 bits per heavy atom. The highest BCUT2D eigenvalue weighted by Crippen LogP contribution is 2.13. The van der Waals surface area contributed by atoms with E-state index >= 15 is 0 Å². The number of likely N-dealkylation sites (tertiary alicyclic amines) is 1. The van der Waals surface area contributed by atoms with Gasteiger partial charge in [0.25, 0.3) is 5.91 Å². The Labute approximate surface area is 159 Å². The normalized spacial score (nSPS) is 15.1. The van der Waals surface area contributed by atoms with Gasteiger partial charge < -0.3 is 20.3 Å². The van der Waals surface area contributed by atoms with Crippen molar-refractivity contribution in [2.24, 2.45) is 0 Å². The maximum atomic E-state index is 12.4. The summed E-state index contributed by atoms with van der Waals surface area (Å²) in [4.78, 5) is 41.8. The summed E-state index contributed by atoms with van der Waals surface area (Å²) in [6, 6.07) is 5.30. The van der Waals surface area contributed by atoms with Gasteiger partial charge in [0.05, 0.1) is 0 Å². The second-order valence-corrected chi connectivity index (χ2v) is 7.53. The first-order valence-corrected chi connectivity index (χ1v) is 9.21. The van der Waals surface area contributed by atoms with Crippen LogP contribution in [0.3, 0.4) is 0 Å². The van der Waals surface area contributed by atoms with E-state index in [1.54, 1.807) is 50.1 Å². The number of hydrogen-bond donors (Lipinski definition) is 2. The summed E-state index contributed by atoms with van der Waals surface area (Å²) in [6.07, 6.45) is 2.66. The van der Waals surface area contributed by atoms with Gasteiger partial charge in [-0.1, -0.05) is 6.07 Å². The fraction of sp³-hybridized carbons (Fsp3) is 0.579. The Balaban J connectivity index is 1.66. The number of carbonyl (C=O) groups is 3. The van der Waals surface area contributed by atoms with Crippen LogP contribution in [0.4, 0.5) is 4.79 Å². The van der Waals surface area contributed by atoms with E-state index in [1.165, 1.54) is 0 Å². The van der Waals surface area contributed by atoms with Gasteiger partial charge in [0.15, 0.2) is 0 Å². The molecule has 1 aromatic heterocycles. The molecular formula is C19H28N4O4. The molecule has 0 atom stereocenters. The summed E-state index contributed by atoms with van der Waals surface area (Å²) in [5.74, 6) is -0.206. The van der Waals surface area contributed by atoms with Gasteiger partial charge in [-0.3, -0.25) is 14.6 Å². The molecule has 2 rings (SSSR count). The molecule has 2 heterocycles. The van der Waals surface area contributed by atoms with Crippen LogP contribution in [0.15, 0.2) is 24.4 Å². The van der Waals surface area contributed by atoms with Gasteiger partial charge in [-0.2, -0.15) is 0 Å². The van der Waals surface area contributed by atoms with Crippen molar-refractivity contribution in [3.8, 4) is 0 Å². The van der Waals surface area contributed by atoms with Gasteiger partial charge in [-0.25, -0.2) is 4.79 Å². The average Bonchev–Trinajstić information content (AvgIpc) is 2.61. The minimum atomic E-state index is -0.562. The summed E-state index contributed by atoms with van der Waals surface area (Å²) >= 11 is 0. The van der Waals surface area contributed by atoms with Crippen molar-refractivity contribution in [2.45, 2.75) is 51.7 Å². The number of nitrogens with zero attached hydrogens (tertiary/aromatic N) is 2. The molecule has 0 spiro atoms. The molecule has 0 unspecified atom stereocenters. The van der Waals surface area contributed by atoms with Crippen LogP contribution in [-0.4, -0.2) is 59.1 Å². The number of nitrogens with one attached hydrogen (secondary N) is 2. The lowest BCUT2D eigenvalue weighted by atomic mass is 10.0. The number of hydrogen-bond acceptors (Lipinski definition) is 5. The predicted octanol–water partition coefficient (Wildman–Crippen LogP) is 1.72. The van der Waals surface area contributed by atoms with Crippen LogP contribution in [0.5, 0.6) is 0 Å². The first-order valence-electron chi connectivity index (χ1n) is 9.21. The predicted molar refractivity (Wildman–Crippen MR) is 100 cm³/mol. The molecular weight excluding hydrogens is 348 g/mol. The number of piperidine rings is 1. The highest BCUT2D eigenvalue weighted by molar-refractivity contribution is 5.92. The summed E-state index contributed by atoms with van der Waals surface area (Å²) in [5, 5.41) is 5.52.